The van der Waals surface area contributed by atoms with Crippen molar-refractivity contribution in [1.29, 1.82) is 0 Å². The van der Waals surface area contributed by atoms with Gasteiger partial charge in [-0.25, -0.2) is 4.98 Å². The van der Waals surface area contributed by atoms with E-state index < -0.39 is 29.5 Å². The van der Waals surface area contributed by atoms with Crippen molar-refractivity contribution in [2.75, 3.05) is 70.9 Å². The van der Waals surface area contributed by atoms with Crippen molar-refractivity contribution in [1.82, 2.24) is 36.1 Å². The third-order valence-electron chi connectivity index (χ3n) is 10.4. The quantitative estimate of drug-likeness (QED) is 0.137. The van der Waals surface area contributed by atoms with E-state index in [1.54, 1.807) is 11.3 Å². The molecule has 0 spiro atoms. The fourth-order valence-electron chi connectivity index (χ4n) is 7.08. The molecule has 1 aromatic heterocycles. The lowest BCUT2D eigenvalue weighted by Gasteiger charge is -2.36. The van der Waals surface area contributed by atoms with E-state index >= 15 is 0 Å². The average molecular weight is 811 g/mol. The lowest BCUT2D eigenvalue weighted by atomic mass is 9.85. The van der Waals surface area contributed by atoms with E-state index in [1.165, 1.54) is 4.90 Å². The number of amides is 4. The molecule has 3 aromatic rings. The maximum absolute atomic E-state index is 13.9. The van der Waals surface area contributed by atoms with Crippen LogP contribution in [0.2, 0.25) is 0 Å². The molecule has 13 nitrogen and oxygen atoms in total. The molecule has 2 aliphatic heterocycles. The minimum Gasteiger partial charge on any atom is -0.391 e. The predicted molar refractivity (Wildman–Crippen MR) is 224 cm³/mol. The number of aryl methyl sites for hydroxylation is 1. The molecule has 2 fully saturated rings. The van der Waals surface area contributed by atoms with Crippen LogP contribution in [0.4, 0.5) is 5.69 Å². The molecule has 5 N–H and O–H groups in total. The Morgan fingerprint density at radius 1 is 0.946 bits per heavy atom. The van der Waals surface area contributed by atoms with Gasteiger partial charge in [0.2, 0.25) is 17.7 Å². The van der Waals surface area contributed by atoms with E-state index in [-0.39, 0.29) is 49.5 Å². The number of anilines is 1. The van der Waals surface area contributed by atoms with Crippen molar-refractivity contribution >= 4 is 53.1 Å². The van der Waals surface area contributed by atoms with Crippen LogP contribution in [0.25, 0.3) is 10.4 Å². The van der Waals surface area contributed by atoms with E-state index in [2.05, 4.69) is 48.2 Å². The summed E-state index contributed by atoms with van der Waals surface area (Å²) in [6, 6.07) is 14.0. The Bertz CT molecular complexity index is 1740. The van der Waals surface area contributed by atoms with Crippen molar-refractivity contribution < 1.29 is 24.3 Å². The number of thiazole rings is 1. The van der Waals surface area contributed by atoms with Crippen LogP contribution in [0.3, 0.4) is 0 Å². The number of aliphatic hydroxyl groups excluding tert-OH is 1. The minimum absolute atomic E-state index is 0. The molecular weight excluding hydrogens is 752 g/mol. The fraction of sp³-hybridized carbons (Fsp3) is 0.537. The summed E-state index contributed by atoms with van der Waals surface area (Å²) in [4.78, 5) is 64.9. The summed E-state index contributed by atoms with van der Waals surface area (Å²) >= 11 is 1.60. The van der Waals surface area contributed by atoms with Crippen molar-refractivity contribution in [3.8, 4) is 10.4 Å². The van der Waals surface area contributed by atoms with Gasteiger partial charge in [-0.1, -0.05) is 45.0 Å². The molecule has 2 saturated heterocycles. The van der Waals surface area contributed by atoms with Crippen LogP contribution in [-0.2, 0) is 20.8 Å². The van der Waals surface area contributed by atoms with Gasteiger partial charge in [0.1, 0.15) is 12.1 Å². The minimum atomic E-state index is -0.911. The summed E-state index contributed by atoms with van der Waals surface area (Å²) < 4.78 is 0. The molecule has 0 bridgehead atoms. The number of nitrogens with zero attached hydrogens (tertiary/aromatic N) is 4. The highest BCUT2D eigenvalue weighted by atomic mass is 35.5. The summed E-state index contributed by atoms with van der Waals surface area (Å²) in [5.74, 6) is -1.26. The second kappa shape index (κ2) is 20.9. The van der Waals surface area contributed by atoms with E-state index in [0.717, 1.165) is 66.7 Å². The summed E-state index contributed by atoms with van der Waals surface area (Å²) in [6.07, 6.45) is 0.389. The Morgan fingerprint density at radius 3 is 2.27 bits per heavy atom. The number of β-amino-alcohol motifs (C(OH)–C–C–N with tert-alkyl or cyclic N) is 1. The number of likely N-dealkylation sites (N-methyl/N-ethyl adjacent to an activating group) is 1. The van der Waals surface area contributed by atoms with Gasteiger partial charge >= 0.3 is 0 Å². The molecule has 306 valence electrons. The molecule has 0 unspecified atom stereocenters. The Morgan fingerprint density at radius 2 is 1.64 bits per heavy atom. The highest BCUT2D eigenvalue weighted by Gasteiger charge is 2.44. The van der Waals surface area contributed by atoms with Gasteiger partial charge in [0.05, 0.1) is 22.2 Å². The Labute approximate surface area is 341 Å². The van der Waals surface area contributed by atoms with Crippen LogP contribution in [0.15, 0.2) is 54.0 Å². The largest absolute Gasteiger partial charge is 0.391 e. The number of benzene rings is 2. The number of piperazine rings is 1. The summed E-state index contributed by atoms with van der Waals surface area (Å²) in [7, 11) is 1.97. The normalized spacial score (nSPS) is 17.9. The zero-order valence-electron chi connectivity index (χ0n) is 33.3. The molecule has 4 amide bonds. The van der Waals surface area contributed by atoms with E-state index in [9.17, 15) is 24.3 Å². The van der Waals surface area contributed by atoms with Crippen LogP contribution < -0.4 is 26.2 Å². The molecule has 2 aromatic carbocycles. The van der Waals surface area contributed by atoms with E-state index in [0.29, 0.717) is 31.5 Å². The maximum atomic E-state index is 13.9. The first-order chi connectivity index (χ1) is 26.3. The monoisotopic (exact) mass is 810 g/mol. The number of carbonyl (C=O) groups excluding carboxylic acids is 4. The van der Waals surface area contributed by atoms with Gasteiger partial charge in [0, 0.05) is 83.0 Å². The number of likely N-dealkylation sites (tertiary alicyclic amines) is 1. The van der Waals surface area contributed by atoms with Crippen LogP contribution in [-0.4, -0.2) is 128 Å². The Hall–Kier alpha value is -4.08. The average Bonchev–Trinajstić information content (AvgIpc) is 3.79. The van der Waals surface area contributed by atoms with Gasteiger partial charge in [0.15, 0.2) is 0 Å². The third-order valence-corrected chi connectivity index (χ3v) is 11.3. The predicted octanol–water partition coefficient (Wildman–Crippen LogP) is 3.24. The molecule has 0 radical (unpaired) electrons. The second-order valence-corrected chi connectivity index (χ2v) is 16.5. The van der Waals surface area contributed by atoms with E-state index in [1.807, 2.05) is 76.7 Å². The van der Waals surface area contributed by atoms with Gasteiger partial charge in [-0.3, -0.25) is 24.1 Å². The maximum Gasteiger partial charge on any atom is 0.251 e. The number of aromatic nitrogens is 1. The zero-order valence-corrected chi connectivity index (χ0v) is 34.9. The molecule has 3 heterocycles. The standard InChI is InChI=1S/C41H58N8O5S.ClH/c1-28-36(55-27-45-28)30-10-8-29(9-11-30)16-18-44-39(53)34-25-33(50)26-49(34)40(54)37(41(2,3)4)46-35(51)7-6-17-43-38(52)31-12-14-32(15-13-31)48-23-21-47(22-24-48)20-19-42-5;/h8-15,27,33-34,37,42,50H,6-7,16-26H2,1-5H3,(H,43,52)(H,44,53)(H,46,51);1H/t33-,34-,37+;/m0./s1. The van der Waals surface area contributed by atoms with Crippen LogP contribution in [0, 0.1) is 12.3 Å². The van der Waals surface area contributed by atoms with Crippen molar-refractivity contribution in [2.24, 2.45) is 5.41 Å². The van der Waals surface area contributed by atoms with Gasteiger partial charge in [-0.05, 0) is 67.6 Å². The summed E-state index contributed by atoms with van der Waals surface area (Å²) in [5, 5.41) is 22.5. The summed E-state index contributed by atoms with van der Waals surface area (Å²) in [5.41, 5.74) is 5.99. The molecule has 3 atom stereocenters. The van der Waals surface area contributed by atoms with Crippen molar-refractivity contribution in [3.05, 3.63) is 70.9 Å². The van der Waals surface area contributed by atoms with Crippen molar-refractivity contribution in [3.63, 3.8) is 0 Å². The molecule has 56 heavy (non-hydrogen) atoms. The number of rotatable bonds is 16. The molecule has 0 saturated carbocycles. The first-order valence-electron chi connectivity index (χ1n) is 19.4. The number of halogens is 1. The van der Waals surface area contributed by atoms with E-state index in [4.69, 9.17) is 0 Å². The van der Waals surface area contributed by atoms with Gasteiger partial charge < -0.3 is 36.2 Å². The molecule has 2 aliphatic rings. The number of nitrogens with one attached hydrogen (secondary N) is 4. The van der Waals surface area contributed by atoms with Crippen molar-refractivity contribution in [2.45, 2.75) is 71.6 Å². The SMILES string of the molecule is CNCCN1CCN(c2ccc(C(=O)NCCCC(=O)N[C@H](C(=O)N3C[C@@H](O)C[C@H]3C(=O)NCCc3ccc(-c4scnc4C)cc3)C(C)(C)C)cc2)CC1.Cl. The molecule has 15 heteroatoms. The highest BCUT2D eigenvalue weighted by molar-refractivity contribution is 7.13. The molecule has 5 rings (SSSR count). The van der Waals surface area contributed by atoms with Crippen LogP contribution in [0.5, 0.6) is 0 Å². The number of hydrogen-bond donors (Lipinski definition) is 5. The highest BCUT2D eigenvalue weighted by Crippen LogP contribution is 2.28. The number of hydrogen-bond acceptors (Lipinski definition) is 10. The van der Waals surface area contributed by atoms with Crippen LogP contribution in [0.1, 0.15) is 61.6 Å². The second-order valence-electron chi connectivity index (χ2n) is 15.6. The van der Waals surface area contributed by atoms with Gasteiger partial charge in [-0.2, -0.15) is 0 Å². The first-order valence-corrected chi connectivity index (χ1v) is 20.3. The molecule has 0 aliphatic carbocycles. The van der Waals surface area contributed by atoms with Crippen LogP contribution >= 0.6 is 23.7 Å². The lowest BCUT2D eigenvalue weighted by Crippen LogP contribution is -2.57. The van der Waals surface area contributed by atoms with Gasteiger partial charge in [0.25, 0.3) is 5.91 Å². The molecular formula is C41H59ClN8O5S. The fourth-order valence-corrected chi connectivity index (χ4v) is 7.89. The van der Waals surface area contributed by atoms with Gasteiger partial charge in [-0.15, -0.1) is 23.7 Å². The third kappa shape index (κ3) is 12.2. The zero-order chi connectivity index (χ0) is 39.5. The number of carbonyl (C=O) groups is 4. The number of aliphatic hydroxyl groups is 1. The smallest absolute Gasteiger partial charge is 0.251 e. The topological polar surface area (TPSA) is 159 Å². The Balaban J connectivity index is 0.00000696. The Kier molecular flexibility index (Phi) is 16.7. The lowest BCUT2D eigenvalue weighted by molar-refractivity contribution is -0.144. The first kappa shape index (κ1) is 44.6. The summed E-state index contributed by atoms with van der Waals surface area (Å²) in [6.45, 7) is 14.2.